The molecule has 0 aromatic carbocycles. The van der Waals surface area contributed by atoms with Crippen LogP contribution in [0.4, 0.5) is 0 Å². The van der Waals surface area contributed by atoms with Crippen LogP contribution in [0, 0.1) is 5.92 Å². The van der Waals surface area contributed by atoms with Gasteiger partial charge in [-0.3, -0.25) is 4.98 Å². The van der Waals surface area contributed by atoms with Crippen LogP contribution in [0.2, 0.25) is 0 Å². The summed E-state index contributed by atoms with van der Waals surface area (Å²) in [7, 11) is 0. The van der Waals surface area contributed by atoms with Crippen LogP contribution in [-0.4, -0.2) is 4.98 Å². The molecule has 1 aromatic rings. The Hall–Kier alpha value is -0.850. The maximum absolute atomic E-state index is 4.93. The fourth-order valence-corrected chi connectivity index (χ4v) is 3.55. The molecule has 2 aliphatic carbocycles. The quantitative estimate of drug-likeness (QED) is 0.699. The monoisotopic (exact) mass is 215 g/mol. The molecule has 3 rings (SSSR count). The Morgan fingerprint density at radius 3 is 2.62 bits per heavy atom. The first-order valence-electron chi connectivity index (χ1n) is 6.70. The second-order valence-electron chi connectivity index (χ2n) is 5.90. The highest BCUT2D eigenvalue weighted by atomic mass is 14.7. The molecule has 0 fully saturated rings. The van der Waals surface area contributed by atoms with Gasteiger partial charge in [-0.15, -0.1) is 0 Å². The fraction of sp³-hybridized carbons (Fsp3) is 0.667. The molecule has 0 N–H and O–H groups in total. The number of hydrogen-bond donors (Lipinski definition) is 0. The minimum Gasteiger partial charge on any atom is -0.257 e. The molecule has 1 unspecified atom stereocenters. The third-order valence-corrected chi connectivity index (χ3v) is 4.13. The first kappa shape index (κ1) is 10.3. The van der Waals surface area contributed by atoms with E-state index in [9.17, 15) is 0 Å². The molecule has 0 amide bonds. The van der Waals surface area contributed by atoms with Crippen molar-refractivity contribution >= 4 is 0 Å². The zero-order valence-corrected chi connectivity index (χ0v) is 10.6. The van der Waals surface area contributed by atoms with Gasteiger partial charge in [0, 0.05) is 11.4 Å². The Labute approximate surface area is 98.3 Å². The predicted molar refractivity (Wildman–Crippen MR) is 66.9 cm³/mol. The van der Waals surface area contributed by atoms with Crippen molar-refractivity contribution in [2.24, 2.45) is 5.92 Å². The zero-order chi connectivity index (χ0) is 11.3. The van der Waals surface area contributed by atoms with Crippen molar-refractivity contribution in [3.8, 4) is 0 Å². The molecular weight excluding hydrogens is 194 g/mol. The molecule has 0 saturated heterocycles. The van der Waals surface area contributed by atoms with Crippen LogP contribution in [0.3, 0.4) is 0 Å². The predicted octanol–water partition coefficient (Wildman–Crippen LogP) is 3.43. The van der Waals surface area contributed by atoms with E-state index in [1.807, 2.05) is 0 Å². The number of pyridine rings is 1. The van der Waals surface area contributed by atoms with Crippen molar-refractivity contribution in [1.29, 1.82) is 0 Å². The van der Waals surface area contributed by atoms with E-state index in [1.54, 1.807) is 16.7 Å². The molecule has 2 aliphatic rings. The number of aromatic nitrogens is 1. The van der Waals surface area contributed by atoms with E-state index < -0.39 is 0 Å². The highest BCUT2D eigenvalue weighted by molar-refractivity contribution is 5.46. The van der Waals surface area contributed by atoms with Crippen molar-refractivity contribution in [3.05, 3.63) is 28.1 Å². The summed E-state index contributed by atoms with van der Waals surface area (Å²) in [6, 6.07) is 0. The largest absolute Gasteiger partial charge is 0.257 e. The second-order valence-corrected chi connectivity index (χ2v) is 5.90. The number of hydrogen-bond acceptors (Lipinski definition) is 1. The summed E-state index contributed by atoms with van der Waals surface area (Å²) in [6.45, 7) is 7.05. The average molecular weight is 215 g/mol. The van der Waals surface area contributed by atoms with Crippen molar-refractivity contribution in [2.45, 2.75) is 58.8 Å². The van der Waals surface area contributed by atoms with Gasteiger partial charge in [0.05, 0.1) is 0 Å². The summed E-state index contributed by atoms with van der Waals surface area (Å²) in [6.07, 6.45) is 6.29. The van der Waals surface area contributed by atoms with Crippen molar-refractivity contribution in [2.75, 3.05) is 0 Å². The van der Waals surface area contributed by atoms with E-state index in [-0.39, 0.29) is 0 Å². The van der Waals surface area contributed by atoms with Gasteiger partial charge in [0.25, 0.3) is 0 Å². The third kappa shape index (κ3) is 1.41. The Balaban J connectivity index is 2.21. The minimum atomic E-state index is 0.675. The van der Waals surface area contributed by atoms with E-state index in [0.717, 1.165) is 5.92 Å². The highest BCUT2D eigenvalue weighted by Crippen LogP contribution is 2.38. The molecule has 1 heteroatoms. The lowest BCUT2D eigenvalue weighted by Gasteiger charge is -2.17. The Kier molecular flexibility index (Phi) is 2.31. The van der Waals surface area contributed by atoms with Gasteiger partial charge in [-0.05, 0) is 60.6 Å². The Morgan fingerprint density at radius 2 is 1.88 bits per heavy atom. The van der Waals surface area contributed by atoms with Gasteiger partial charge < -0.3 is 0 Å². The van der Waals surface area contributed by atoms with Gasteiger partial charge in [0.2, 0.25) is 0 Å². The molecule has 0 aliphatic heterocycles. The average Bonchev–Trinajstić information content (AvgIpc) is 2.77. The molecule has 16 heavy (non-hydrogen) atoms. The van der Waals surface area contributed by atoms with Gasteiger partial charge in [0.15, 0.2) is 0 Å². The molecule has 1 nitrogen and oxygen atoms in total. The van der Waals surface area contributed by atoms with Crippen LogP contribution in [0.1, 0.15) is 61.2 Å². The van der Waals surface area contributed by atoms with E-state index in [0.29, 0.717) is 5.92 Å². The summed E-state index contributed by atoms with van der Waals surface area (Å²) < 4.78 is 0. The topological polar surface area (TPSA) is 12.9 Å². The summed E-state index contributed by atoms with van der Waals surface area (Å²) in [5.74, 6) is 1.48. The van der Waals surface area contributed by atoms with Gasteiger partial charge in [0.1, 0.15) is 0 Å². The zero-order valence-electron chi connectivity index (χ0n) is 10.6. The van der Waals surface area contributed by atoms with Crippen molar-refractivity contribution < 1.29 is 0 Å². The van der Waals surface area contributed by atoms with Gasteiger partial charge >= 0.3 is 0 Å². The Morgan fingerprint density at radius 1 is 1.06 bits per heavy atom. The molecule has 0 spiro atoms. The number of nitrogens with zero attached hydrogens (tertiary/aromatic N) is 1. The van der Waals surface area contributed by atoms with Crippen LogP contribution < -0.4 is 0 Å². The van der Waals surface area contributed by atoms with Crippen LogP contribution in [0.25, 0.3) is 0 Å². The van der Waals surface area contributed by atoms with Crippen LogP contribution in [-0.2, 0) is 25.7 Å². The lowest BCUT2D eigenvalue weighted by Crippen LogP contribution is -2.05. The molecule has 86 valence electrons. The molecule has 1 heterocycles. The molecule has 0 saturated carbocycles. The van der Waals surface area contributed by atoms with Crippen molar-refractivity contribution in [3.63, 3.8) is 0 Å². The molecule has 1 aromatic heterocycles. The van der Waals surface area contributed by atoms with Gasteiger partial charge in [-0.1, -0.05) is 20.8 Å². The maximum atomic E-state index is 4.93. The van der Waals surface area contributed by atoms with Gasteiger partial charge in [-0.25, -0.2) is 0 Å². The van der Waals surface area contributed by atoms with E-state index in [1.165, 1.54) is 43.5 Å². The normalized spacial score (nSPS) is 22.6. The minimum absolute atomic E-state index is 0.675. The van der Waals surface area contributed by atoms with E-state index in [4.69, 9.17) is 4.98 Å². The number of fused-ring (bicyclic) bond motifs is 2. The van der Waals surface area contributed by atoms with E-state index >= 15 is 0 Å². The molecule has 0 bridgehead atoms. The lowest BCUT2D eigenvalue weighted by atomic mass is 9.91. The standard InChI is InChI=1S/C15H21N/c1-9(2)15-11-5-4-6-13(11)16-14-8-10(3)7-12(14)15/h9-10H,4-8H2,1-3H3. The van der Waals surface area contributed by atoms with Crippen LogP contribution >= 0.6 is 0 Å². The maximum Gasteiger partial charge on any atom is 0.0444 e. The molecular formula is C15H21N. The molecule has 1 atom stereocenters. The second kappa shape index (κ2) is 3.58. The van der Waals surface area contributed by atoms with Crippen LogP contribution in [0.15, 0.2) is 0 Å². The summed E-state index contributed by atoms with van der Waals surface area (Å²) in [5, 5.41) is 0. The summed E-state index contributed by atoms with van der Waals surface area (Å²) in [5.41, 5.74) is 7.75. The fourth-order valence-electron chi connectivity index (χ4n) is 3.55. The third-order valence-electron chi connectivity index (χ3n) is 4.13. The summed E-state index contributed by atoms with van der Waals surface area (Å²) >= 11 is 0. The Bertz CT molecular complexity index is 432. The van der Waals surface area contributed by atoms with Crippen molar-refractivity contribution in [1.82, 2.24) is 4.98 Å². The first-order chi connectivity index (χ1) is 7.66. The first-order valence-corrected chi connectivity index (χ1v) is 6.70. The molecule has 0 radical (unpaired) electrons. The van der Waals surface area contributed by atoms with Gasteiger partial charge in [-0.2, -0.15) is 0 Å². The summed E-state index contributed by atoms with van der Waals surface area (Å²) in [4.78, 5) is 4.93. The lowest BCUT2D eigenvalue weighted by molar-refractivity contribution is 0.620. The smallest absolute Gasteiger partial charge is 0.0444 e. The van der Waals surface area contributed by atoms with Crippen LogP contribution in [0.5, 0.6) is 0 Å². The van der Waals surface area contributed by atoms with E-state index in [2.05, 4.69) is 20.8 Å². The number of rotatable bonds is 1. The number of aryl methyl sites for hydroxylation is 1. The SMILES string of the molecule is CC1Cc2nc3c(c(C(C)C)c2C1)CCC3. The highest BCUT2D eigenvalue weighted by Gasteiger charge is 2.28.